The van der Waals surface area contributed by atoms with Crippen LogP contribution in [0.3, 0.4) is 0 Å². The first-order valence-electron chi connectivity index (χ1n) is 7.37. The second kappa shape index (κ2) is 9.11. The van der Waals surface area contributed by atoms with Crippen molar-refractivity contribution in [2.75, 3.05) is 11.1 Å². The topological polar surface area (TPSA) is 79.2 Å². The Morgan fingerprint density at radius 2 is 2.00 bits per heavy atom. The van der Waals surface area contributed by atoms with Crippen molar-refractivity contribution in [1.29, 1.82) is 5.26 Å². The summed E-state index contributed by atoms with van der Waals surface area (Å²) in [5, 5.41) is 11.7. The van der Waals surface area contributed by atoms with Gasteiger partial charge in [-0.1, -0.05) is 29.8 Å². The molecule has 2 aromatic carbocycles. The number of hydrogen-bond donors (Lipinski definition) is 1. The van der Waals surface area contributed by atoms with Crippen LogP contribution < -0.4 is 5.32 Å². The zero-order chi connectivity index (χ0) is 18.2. The summed E-state index contributed by atoms with van der Waals surface area (Å²) < 4.78 is 5.12. The molecular weight excluding hydrogens is 360 g/mol. The van der Waals surface area contributed by atoms with Crippen molar-refractivity contribution >= 4 is 40.9 Å². The smallest absolute Gasteiger partial charge is 0.317 e. The van der Waals surface area contributed by atoms with Gasteiger partial charge in [-0.2, -0.15) is 5.26 Å². The summed E-state index contributed by atoms with van der Waals surface area (Å²) >= 11 is 7.25. The molecule has 0 saturated carbocycles. The summed E-state index contributed by atoms with van der Waals surface area (Å²) in [6, 6.07) is 15.9. The molecule has 0 aliphatic heterocycles. The average molecular weight is 375 g/mol. The number of thioether (sulfide) groups is 1. The van der Waals surface area contributed by atoms with Gasteiger partial charge in [0.05, 0.1) is 16.3 Å². The van der Waals surface area contributed by atoms with Gasteiger partial charge in [0.2, 0.25) is 0 Å². The van der Waals surface area contributed by atoms with Crippen molar-refractivity contribution < 1.29 is 14.3 Å². The lowest BCUT2D eigenvalue weighted by molar-refractivity contribution is -0.150. The SMILES string of the molecule is CC(OC(=O)CSc1ccccc1)C(=O)Nc1ccc(C#N)c(Cl)c1. The predicted octanol–water partition coefficient (Wildman–Crippen LogP) is 3.87. The largest absolute Gasteiger partial charge is 0.452 e. The molecular formula is C18H15ClN2O3S. The van der Waals surface area contributed by atoms with Crippen molar-refractivity contribution in [3.63, 3.8) is 0 Å². The first kappa shape index (κ1) is 18.8. The standard InChI is InChI=1S/C18H15ClN2O3S/c1-12(24-17(22)11-25-15-5-3-2-4-6-15)18(23)21-14-8-7-13(10-20)16(19)9-14/h2-9,12H,11H2,1H3,(H,21,23). The highest BCUT2D eigenvalue weighted by Gasteiger charge is 2.18. The molecule has 0 bridgehead atoms. The number of nitrogens with one attached hydrogen (secondary N) is 1. The summed E-state index contributed by atoms with van der Waals surface area (Å²) in [7, 11) is 0. The predicted molar refractivity (Wildman–Crippen MR) is 97.5 cm³/mol. The minimum absolute atomic E-state index is 0.115. The highest BCUT2D eigenvalue weighted by atomic mass is 35.5. The molecule has 0 heterocycles. The zero-order valence-electron chi connectivity index (χ0n) is 13.4. The lowest BCUT2D eigenvalue weighted by atomic mass is 10.2. The highest BCUT2D eigenvalue weighted by molar-refractivity contribution is 8.00. The number of carbonyl (C=O) groups excluding carboxylic acids is 2. The number of nitriles is 1. The Morgan fingerprint density at radius 3 is 2.64 bits per heavy atom. The van der Waals surface area contributed by atoms with Gasteiger partial charge in [0, 0.05) is 10.6 Å². The van der Waals surface area contributed by atoms with Crippen molar-refractivity contribution in [3.05, 3.63) is 59.1 Å². The van der Waals surface area contributed by atoms with Gasteiger partial charge < -0.3 is 10.1 Å². The van der Waals surface area contributed by atoms with Crippen molar-refractivity contribution in [2.45, 2.75) is 17.9 Å². The molecule has 2 rings (SSSR count). The van der Waals surface area contributed by atoms with Crippen LogP contribution in [0.1, 0.15) is 12.5 Å². The molecule has 5 nitrogen and oxygen atoms in total. The molecule has 0 saturated heterocycles. The van der Waals surface area contributed by atoms with Crippen LogP contribution in [-0.4, -0.2) is 23.7 Å². The van der Waals surface area contributed by atoms with Crippen LogP contribution in [0.5, 0.6) is 0 Å². The van der Waals surface area contributed by atoms with Crippen LogP contribution in [0.15, 0.2) is 53.4 Å². The van der Waals surface area contributed by atoms with Crippen molar-refractivity contribution in [3.8, 4) is 6.07 Å². The summed E-state index contributed by atoms with van der Waals surface area (Å²) in [4.78, 5) is 24.9. The van der Waals surface area contributed by atoms with Crippen LogP contribution in [-0.2, 0) is 14.3 Å². The van der Waals surface area contributed by atoms with Gasteiger partial charge in [0.1, 0.15) is 6.07 Å². The normalized spacial score (nSPS) is 11.2. The van der Waals surface area contributed by atoms with Crippen LogP contribution in [0, 0.1) is 11.3 Å². The summed E-state index contributed by atoms with van der Waals surface area (Å²) in [6.45, 7) is 1.49. The number of ether oxygens (including phenoxy) is 1. The molecule has 1 unspecified atom stereocenters. The summed E-state index contributed by atoms with van der Waals surface area (Å²) in [5.74, 6) is -0.835. The lowest BCUT2D eigenvalue weighted by Gasteiger charge is -2.13. The Morgan fingerprint density at radius 1 is 1.28 bits per heavy atom. The number of halogens is 1. The molecule has 0 fully saturated rings. The minimum atomic E-state index is -0.946. The molecule has 1 N–H and O–H groups in total. The highest BCUT2D eigenvalue weighted by Crippen LogP contribution is 2.21. The Bertz CT molecular complexity index is 806. The molecule has 0 spiro atoms. The van der Waals surface area contributed by atoms with Gasteiger partial charge in [-0.25, -0.2) is 0 Å². The van der Waals surface area contributed by atoms with E-state index >= 15 is 0 Å². The number of esters is 1. The van der Waals surface area contributed by atoms with Gasteiger partial charge in [-0.15, -0.1) is 11.8 Å². The zero-order valence-corrected chi connectivity index (χ0v) is 14.9. The van der Waals surface area contributed by atoms with E-state index in [2.05, 4.69) is 5.32 Å². The molecule has 25 heavy (non-hydrogen) atoms. The third-order valence-electron chi connectivity index (χ3n) is 3.13. The van der Waals surface area contributed by atoms with E-state index in [0.29, 0.717) is 11.3 Å². The number of anilines is 1. The molecule has 0 aliphatic rings. The fourth-order valence-corrected chi connectivity index (χ4v) is 2.80. The van der Waals surface area contributed by atoms with Gasteiger partial charge in [-0.05, 0) is 37.3 Å². The third kappa shape index (κ3) is 5.82. The van der Waals surface area contributed by atoms with E-state index in [1.54, 1.807) is 6.07 Å². The average Bonchev–Trinajstić information content (AvgIpc) is 2.61. The van der Waals surface area contributed by atoms with E-state index in [1.807, 2.05) is 36.4 Å². The van der Waals surface area contributed by atoms with Crippen LogP contribution in [0.2, 0.25) is 5.02 Å². The molecule has 2 aromatic rings. The number of amides is 1. The fourth-order valence-electron chi connectivity index (χ4n) is 1.87. The third-order valence-corrected chi connectivity index (χ3v) is 4.43. The van der Waals surface area contributed by atoms with Gasteiger partial charge in [0.15, 0.2) is 6.10 Å². The number of benzene rings is 2. The maximum atomic E-state index is 12.1. The Hall–Kier alpha value is -2.49. The Labute approximate surface area is 154 Å². The first-order valence-corrected chi connectivity index (χ1v) is 8.74. The maximum Gasteiger partial charge on any atom is 0.317 e. The van der Waals surface area contributed by atoms with Crippen LogP contribution in [0.4, 0.5) is 5.69 Å². The molecule has 128 valence electrons. The number of nitrogens with zero attached hydrogens (tertiary/aromatic N) is 1. The van der Waals surface area contributed by atoms with Crippen molar-refractivity contribution in [1.82, 2.24) is 0 Å². The molecule has 0 aromatic heterocycles. The molecule has 7 heteroatoms. The van der Waals surface area contributed by atoms with Gasteiger partial charge in [0.25, 0.3) is 5.91 Å². The Balaban J connectivity index is 1.84. The Kier molecular flexibility index (Phi) is 6.87. The quantitative estimate of drug-likeness (QED) is 0.613. The fraction of sp³-hybridized carbons (Fsp3) is 0.167. The van der Waals surface area contributed by atoms with E-state index in [1.165, 1.54) is 30.8 Å². The molecule has 1 atom stereocenters. The number of hydrogen-bond acceptors (Lipinski definition) is 5. The monoisotopic (exact) mass is 374 g/mol. The number of carbonyl (C=O) groups is 2. The minimum Gasteiger partial charge on any atom is -0.452 e. The van der Waals surface area contributed by atoms with E-state index in [4.69, 9.17) is 21.6 Å². The van der Waals surface area contributed by atoms with Crippen molar-refractivity contribution in [2.24, 2.45) is 0 Å². The van der Waals surface area contributed by atoms with Crippen LogP contribution in [0.25, 0.3) is 0 Å². The van der Waals surface area contributed by atoms with E-state index in [9.17, 15) is 9.59 Å². The van der Waals surface area contributed by atoms with E-state index in [0.717, 1.165) is 4.90 Å². The van der Waals surface area contributed by atoms with Crippen LogP contribution >= 0.6 is 23.4 Å². The summed E-state index contributed by atoms with van der Waals surface area (Å²) in [6.07, 6.45) is -0.946. The van der Waals surface area contributed by atoms with Gasteiger partial charge in [-0.3, -0.25) is 9.59 Å². The van der Waals surface area contributed by atoms with E-state index < -0.39 is 18.0 Å². The lowest BCUT2D eigenvalue weighted by Crippen LogP contribution is -2.30. The maximum absolute atomic E-state index is 12.1. The van der Waals surface area contributed by atoms with E-state index in [-0.39, 0.29) is 10.8 Å². The molecule has 0 aliphatic carbocycles. The second-order valence-electron chi connectivity index (χ2n) is 5.03. The second-order valence-corrected chi connectivity index (χ2v) is 6.49. The molecule has 0 radical (unpaired) electrons. The number of rotatable bonds is 6. The molecule has 1 amide bonds. The van der Waals surface area contributed by atoms with Gasteiger partial charge >= 0.3 is 5.97 Å². The summed E-state index contributed by atoms with van der Waals surface area (Å²) in [5.41, 5.74) is 0.743. The first-order chi connectivity index (χ1) is 12.0.